The molecule has 0 spiro atoms. The molecule has 1 aromatic carbocycles. The number of anilines is 1. The van der Waals surface area contributed by atoms with Gasteiger partial charge in [-0.1, -0.05) is 17.7 Å². The average molecular weight is 150 g/mol. The van der Waals surface area contributed by atoms with Gasteiger partial charge in [0, 0.05) is 19.3 Å². The molecule has 0 heterocycles. The molecule has 0 fully saturated rings. The van der Waals surface area contributed by atoms with Crippen LogP contribution >= 0.6 is 0 Å². The first-order valence-corrected chi connectivity index (χ1v) is 3.75. The molecule has 1 aromatic rings. The second-order valence-corrected chi connectivity index (χ2v) is 2.61. The van der Waals surface area contributed by atoms with Crippen molar-refractivity contribution in [1.82, 2.24) is 0 Å². The maximum Gasteiger partial charge on any atom is 0.0383 e. The highest BCUT2D eigenvalue weighted by Crippen LogP contribution is 2.15. The minimum atomic E-state index is 0.595. The van der Waals surface area contributed by atoms with E-state index in [1.807, 2.05) is 7.05 Å². The maximum atomic E-state index is 5.56. The van der Waals surface area contributed by atoms with Gasteiger partial charge in [0.25, 0.3) is 0 Å². The summed E-state index contributed by atoms with van der Waals surface area (Å²) in [7, 11) is 1.91. The number of hydrogen-bond donors (Lipinski definition) is 2. The van der Waals surface area contributed by atoms with Gasteiger partial charge in [0.2, 0.25) is 0 Å². The van der Waals surface area contributed by atoms with Gasteiger partial charge in [-0.3, -0.25) is 0 Å². The first kappa shape index (κ1) is 8.08. The smallest absolute Gasteiger partial charge is 0.0383 e. The molecule has 0 aliphatic carbocycles. The van der Waals surface area contributed by atoms with Crippen LogP contribution < -0.4 is 11.1 Å². The summed E-state index contributed by atoms with van der Waals surface area (Å²) in [6.45, 7) is 2.66. The van der Waals surface area contributed by atoms with E-state index in [0.29, 0.717) is 6.54 Å². The fraction of sp³-hybridized carbons (Fsp3) is 0.333. The first-order valence-electron chi connectivity index (χ1n) is 3.75. The van der Waals surface area contributed by atoms with E-state index in [4.69, 9.17) is 5.73 Å². The Balaban J connectivity index is 3.06. The average Bonchev–Trinajstić information content (AvgIpc) is 2.04. The molecule has 3 N–H and O–H groups in total. The standard InChI is InChI=1S/C9H14N2/c1-7-3-4-9(11-2)8(5-7)6-10/h3-5,11H,6,10H2,1-2H3. The van der Waals surface area contributed by atoms with Crippen LogP contribution in [0.2, 0.25) is 0 Å². The monoisotopic (exact) mass is 150 g/mol. The van der Waals surface area contributed by atoms with Crippen molar-refractivity contribution >= 4 is 5.69 Å². The molecule has 2 heteroatoms. The van der Waals surface area contributed by atoms with Crippen molar-refractivity contribution in [3.8, 4) is 0 Å². The van der Waals surface area contributed by atoms with Crippen LogP contribution in [0, 0.1) is 6.92 Å². The van der Waals surface area contributed by atoms with Crippen LogP contribution in [0.4, 0.5) is 5.69 Å². The number of hydrogen-bond acceptors (Lipinski definition) is 2. The summed E-state index contributed by atoms with van der Waals surface area (Å²) in [5.74, 6) is 0. The Kier molecular flexibility index (Phi) is 2.49. The van der Waals surface area contributed by atoms with E-state index < -0.39 is 0 Å². The largest absolute Gasteiger partial charge is 0.388 e. The van der Waals surface area contributed by atoms with Gasteiger partial charge >= 0.3 is 0 Å². The van der Waals surface area contributed by atoms with Crippen LogP contribution in [0.1, 0.15) is 11.1 Å². The molecule has 0 unspecified atom stereocenters. The molecule has 0 atom stereocenters. The molecular formula is C9H14N2. The molecule has 1 rings (SSSR count). The third-order valence-corrected chi connectivity index (χ3v) is 1.75. The number of nitrogens with two attached hydrogens (primary N) is 1. The first-order chi connectivity index (χ1) is 5.27. The Bertz CT molecular complexity index is 243. The Morgan fingerprint density at radius 2 is 2.18 bits per heavy atom. The number of rotatable bonds is 2. The zero-order chi connectivity index (χ0) is 8.27. The number of benzene rings is 1. The van der Waals surface area contributed by atoms with E-state index in [9.17, 15) is 0 Å². The molecule has 11 heavy (non-hydrogen) atoms. The molecule has 0 bridgehead atoms. The molecule has 0 aliphatic heterocycles. The summed E-state index contributed by atoms with van der Waals surface area (Å²) in [4.78, 5) is 0. The van der Waals surface area contributed by atoms with Gasteiger partial charge in [0.1, 0.15) is 0 Å². The van der Waals surface area contributed by atoms with Crippen LogP contribution in [0.5, 0.6) is 0 Å². The summed E-state index contributed by atoms with van der Waals surface area (Å²) in [5.41, 5.74) is 9.11. The molecule has 60 valence electrons. The van der Waals surface area contributed by atoms with Gasteiger partial charge in [-0.2, -0.15) is 0 Å². The molecule has 0 radical (unpaired) electrons. The second kappa shape index (κ2) is 3.39. The van der Waals surface area contributed by atoms with Gasteiger partial charge in [0.15, 0.2) is 0 Å². The number of nitrogens with one attached hydrogen (secondary N) is 1. The highest BCUT2D eigenvalue weighted by Gasteiger charge is 1.97. The lowest BCUT2D eigenvalue weighted by Gasteiger charge is -2.07. The van der Waals surface area contributed by atoms with E-state index in [-0.39, 0.29) is 0 Å². The Hall–Kier alpha value is -1.02. The molecular weight excluding hydrogens is 136 g/mol. The molecule has 0 aliphatic rings. The minimum absolute atomic E-state index is 0.595. The molecule has 0 aromatic heterocycles. The third-order valence-electron chi connectivity index (χ3n) is 1.75. The van der Waals surface area contributed by atoms with Crippen molar-refractivity contribution in [1.29, 1.82) is 0 Å². The molecule has 0 amide bonds. The van der Waals surface area contributed by atoms with Gasteiger partial charge in [0.05, 0.1) is 0 Å². The molecule has 2 nitrogen and oxygen atoms in total. The lowest BCUT2D eigenvalue weighted by molar-refractivity contribution is 1.07. The predicted molar refractivity (Wildman–Crippen MR) is 48.6 cm³/mol. The predicted octanol–water partition coefficient (Wildman–Crippen LogP) is 1.50. The van der Waals surface area contributed by atoms with Crippen LogP contribution in [0.3, 0.4) is 0 Å². The van der Waals surface area contributed by atoms with E-state index >= 15 is 0 Å². The summed E-state index contributed by atoms with van der Waals surface area (Å²) in [6, 6.07) is 6.23. The summed E-state index contributed by atoms with van der Waals surface area (Å²) in [6.07, 6.45) is 0. The normalized spacial score (nSPS) is 9.73. The van der Waals surface area contributed by atoms with Crippen LogP contribution in [0.25, 0.3) is 0 Å². The van der Waals surface area contributed by atoms with E-state index in [1.165, 1.54) is 11.1 Å². The Labute approximate surface area is 67.4 Å². The SMILES string of the molecule is CNc1ccc(C)cc1CN. The quantitative estimate of drug-likeness (QED) is 0.670. The van der Waals surface area contributed by atoms with Crippen molar-refractivity contribution in [2.24, 2.45) is 5.73 Å². The summed E-state index contributed by atoms with van der Waals surface area (Å²) in [5, 5.41) is 3.09. The van der Waals surface area contributed by atoms with Crippen molar-refractivity contribution < 1.29 is 0 Å². The van der Waals surface area contributed by atoms with E-state index in [1.54, 1.807) is 0 Å². The van der Waals surface area contributed by atoms with Crippen molar-refractivity contribution in [2.45, 2.75) is 13.5 Å². The van der Waals surface area contributed by atoms with Crippen molar-refractivity contribution in [2.75, 3.05) is 12.4 Å². The lowest BCUT2D eigenvalue weighted by atomic mass is 10.1. The number of aryl methyl sites for hydroxylation is 1. The fourth-order valence-corrected chi connectivity index (χ4v) is 1.14. The Morgan fingerprint density at radius 3 is 2.73 bits per heavy atom. The third kappa shape index (κ3) is 1.71. The highest BCUT2D eigenvalue weighted by atomic mass is 14.8. The van der Waals surface area contributed by atoms with Crippen molar-refractivity contribution in [3.05, 3.63) is 29.3 Å². The Morgan fingerprint density at radius 1 is 1.45 bits per heavy atom. The second-order valence-electron chi connectivity index (χ2n) is 2.61. The topological polar surface area (TPSA) is 38.0 Å². The van der Waals surface area contributed by atoms with E-state index in [0.717, 1.165) is 5.69 Å². The fourth-order valence-electron chi connectivity index (χ4n) is 1.14. The minimum Gasteiger partial charge on any atom is -0.388 e. The lowest BCUT2D eigenvalue weighted by Crippen LogP contribution is -2.01. The zero-order valence-electron chi connectivity index (χ0n) is 7.02. The van der Waals surface area contributed by atoms with Crippen LogP contribution in [0.15, 0.2) is 18.2 Å². The van der Waals surface area contributed by atoms with Gasteiger partial charge < -0.3 is 11.1 Å². The van der Waals surface area contributed by atoms with Crippen molar-refractivity contribution in [3.63, 3.8) is 0 Å². The molecule has 0 saturated heterocycles. The van der Waals surface area contributed by atoms with E-state index in [2.05, 4.69) is 30.4 Å². The maximum absolute atomic E-state index is 5.56. The van der Waals surface area contributed by atoms with Gasteiger partial charge in [-0.15, -0.1) is 0 Å². The zero-order valence-corrected chi connectivity index (χ0v) is 7.02. The van der Waals surface area contributed by atoms with Gasteiger partial charge in [-0.05, 0) is 18.6 Å². The highest BCUT2D eigenvalue weighted by molar-refractivity contribution is 5.51. The molecule has 0 saturated carbocycles. The van der Waals surface area contributed by atoms with Crippen LogP contribution in [-0.2, 0) is 6.54 Å². The van der Waals surface area contributed by atoms with Gasteiger partial charge in [-0.25, -0.2) is 0 Å². The van der Waals surface area contributed by atoms with Crippen LogP contribution in [-0.4, -0.2) is 7.05 Å². The summed E-state index contributed by atoms with van der Waals surface area (Å²) < 4.78 is 0. The summed E-state index contributed by atoms with van der Waals surface area (Å²) >= 11 is 0.